The molecule has 0 spiro atoms. The van der Waals surface area contributed by atoms with Gasteiger partial charge in [0.1, 0.15) is 12.4 Å². The van der Waals surface area contributed by atoms with Crippen LogP contribution >= 0.6 is 11.3 Å². The number of nitrogens with zero attached hydrogens (tertiary/aromatic N) is 2. The molecule has 0 aliphatic carbocycles. The van der Waals surface area contributed by atoms with Crippen molar-refractivity contribution in [3.05, 3.63) is 71.2 Å². The topological polar surface area (TPSA) is 42.4 Å². The van der Waals surface area contributed by atoms with Crippen LogP contribution in [0.15, 0.2) is 60.0 Å². The summed E-state index contributed by atoms with van der Waals surface area (Å²) in [6.45, 7) is 1.44. The van der Waals surface area contributed by atoms with Crippen LogP contribution in [-0.2, 0) is 17.6 Å². The number of hydrogen-bond donors (Lipinski definition) is 0. The van der Waals surface area contributed by atoms with Gasteiger partial charge < -0.3 is 4.74 Å². The highest BCUT2D eigenvalue weighted by Crippen LogP contribution is 2.32. The number of halogens is 3. The van der Waals surface area contributed by atoms with E-state index in [1.807, 2.05) is 18.2 Å². The first-order chi connectivity index (χ1) is 12.8. The van der Waals surface area contributed by atoms with Crippen molar-refractivity contribution in [2.75, 3.05) is 4.90 Å². The van der Waals surface area contributed by atoms with Crippen molar-refractivity contribution in [2.24, 2.45) is 0 Å². The molecule has 1 aromatic heterocycles. The molecule has 0 saturated carbocycles. The molecule has 0 radical (unpaired) electrons. The smallest absolute Gasteiger partial charge is 0.416 e. The molecule has 4 nitrogen and oxygen atoms in total. The largest absolute Gasteiger partial charge is 0.487 e. The van der Waals surface area contributed by atoms with E-state index < -0.39 is 11.7 Å². The van der Waals surface area contributed by atoms with Crippen molar-refractivity contribution in [1.82, 2.24) is 4.98 Å². The Morgan fingerprint density at radius 1 is 1.15 bits per heavy atom. The fraction of sp³-hybridized carbons (Fsp3) is 0.158. The van der Waals surface area contributed by atoms with Crippen molar-refractivity contribution in [3.63, 3.8) is 0 Å². The minimum atomic E-state index is -4.43. The highest BCUT2D eigenvalue weighted by molar-refractivity contribution is 7.14. The lowest BCUT2D eigenvalue weighted by Crippen LogP contribution is -2.22. The van der Waals surface area contributed by atoms with Gasteiger partial charge in [-0.1, -0.05) is 24.3 Å². The Balaban J connectivity index is 1.74. The van der Waals surface area contributed by atoms with E-state index in [-0.39, 0.29) is 18.3 Å². The number of rotatable bonds is 5. The van der Waals surface area contributed by atoms with Gasteiger partial charge in [0, 0.05) is 12.3 Å². The Morgan fingerprint density at radius 2 is 1.89 bits per heavy atom. The number of anilines is 2. The van der Waals surface area contributed by atoms with Gasteiger partial charge in [0.15, 0.2) is 5.13 Å². The molecule has 140 valence electrons. The second-order valence-corrected chi connectivity index (χ2v) is 6.46. The van der Waals surface area contributed by atoms with Gasteiger partial charge in [0.05, 0.1) is 16.9 Å². The highest BCUT2D eigenvalue weighted by atomic mass is 32.1. The van der Waals surface area contributed by atoms with Gasteiger partial charge in [-0.3, -0.25) is 9.69 Å². The van der Waals surface area contributed by atoms with Crippen LogP contribution in [0.25, 0.3) is 0 Å². The Labute approximate surface area is 157 Å². The number of hydrogen-bond acceptors (Lipinski definition) is 4. The van der Waals surface area contributed by atoms with E-state index in [9.17, 15) is 18.0 Å². The summed E-state index contributed by atoms with van der Waals surface area (Å²) in [5, 5.41) is 2.18. The van der Waals surface area contributed by atoms with E-state index in [4.69, 9.17) is 4.74 Å². The van der Waals surface area contributed by atoms with Crippen molar-refractivity contribution in [2.45, 2.75) is 19.7 Å². The second-order valence-electron chi connectivity index (χ2n) is 5.63. The molecule has 2 aromatic carbocycles. The maximum atomic E-state index is 12.8. The van der Waals surface area contributed by atoms with E-state index in [0.29, 0.717) is 16.5 Å². The summed E-state index contributed by atoms with van der Waals surface area (Å²) < 4.78 is 43.7. The molecule has 0 bridgehead atoms. The molecule has 0 atom stereocenters. The normalized spacial score (nSPS) is 11.3. The van der Waals surface area contributed by atoms with Crippen molar-refractivity contribution < 1.29 is 22.7 Å². The lowest BCUT2D eigenvalue weighted by molar-refractivity contribution is -0.137. The van der Waals surface area contributed by atoms with Crippen LogP contribution in [0.1, 0.15) is 18.2 Å². The summed E-state index contributed by atoms with van der Waals surface area (Å²) in [7, 11) is 0. The zero-order valence-electron chi connectivity index (χ0n) is 14.2. The molecule has 0 N–H and O–H groups in total. The molecule has 0 fully saturated rings. The van der Waals surface area contributed by atoms with E-state index in [2.05, 4.69) is 4.98 Å². The predicted octanol–water partition coefficient (Wildman–Crippen LogP) is 5.43. The molecule has 0 unspecified atom stereocenters. The van der Waals surface area contributed by atoms with Crippen molar-refractivity contribution in [1.29, 1.82) is 0 Å². The molecule has 1 heterocycles. The summed E-state index contributed by atoms with van der Waals surface area (Å²) in [5.74, 6) is -0.0910. The number of carbonyl (C=O) groups is 1. The maximum absolute atomic E-state index is 12.8. The standard InChI is InChI=1S/C19H15F3N2O2S/c1-13(25)24(16-7-3-2-4-8-16)18-23-15(12-27-18)11-26-17-9-5-6-14(10-17)19(20,21)22/h2-10,12H,11H2,1H3. The minimum Gasteiger partial charge on any atom is -0.487 e. The summed E-state index contributed by atoms with van der Waals surface area (Å²) in [6, 6.07) is 13.7. The number of alkyl halides is 3. The number of aromatic nitrogens is 1. The molecule has 27 heavy (non-hydrogen) atoms. The first kappa shape index (κ1) is 18.9. The van der Waals surface area contributed by atoms with Crippen LogP contribution in [0.2, 0.25) is 0 Å². The third-order valence-electron chi connectivity index (χ3n) is 3.61. The monoisotopic (exact) mass is 392 g/mol. The van der Waals surface area contributed by atoms with Crippen LogP contribution in [0.5, 0.6) is 5.75 Å². The Morgan fingerprint density at radius 3 is 2.56 bits per heavy atom. The average molecular weight is 392 g/mol. The van der Waals surface area contributed by atoms with Crippen LogP contribution in [0.3, 0.4) is 0 Å². The van der Waals surface area contributed by atoms with Crippen molar-refractivity contribution >= 4 is 28.1 Å². The number of benzene rings is 2. The molecule has 3 rings (SSSR count). The van der Waals surface area contributed by atoms with E-state index in [0.717, 1.165) is 12.1 Å². The number of ether oxygens (including phenoxy) is 1. The number of thiazole rings is 1. The van der Waals surface area contributed by atoms with Crippen molar-refractivity contribution in [3.8, 4) is 5.75 Å². The number of carbonyl (C=O) groups excluding carboxylic acids is 1. The molecule has 8 heteroatoms. The second kappa shape index (κ2) is 7.79. The average Bonchev–Trinajstić information content (AvgIpc) is 3.09. The quantitative estimate of drug-likeness (QED) is 0.582. The summed E-state index contributed by atoms with van der Waals surface area (Å²) >= 11 is 1.26. The lowest BCUT2D eigenvalue weighted by Gasteiger charge is -2.17. The SMILES string of the molecule is CC(=O)N(c1ccccc1)c1nc(COc2cccc(C(F)(F)F)c2)cs1. The Hall–Kier alpha value is -2.87. The van der Waals surface area contributed by atoms with Crippen LogP contribution in [-0.4, -0.2) is 10.9 Å². The Kier molecular flexibility index (Phi) is 5.46. The third-order valence-corrected chi connectivity index (χ3v) is 4.48. The van der Waals surface area contributed by atoms with Gasteiger partial charge in [-0.05, 0) is 30.3 Å². The zero-order valence-corrected chi connectivity index (χ0v) is 15.1. The van der Waals surface area contributed by atoms with Gasteiger partial charge in [-0.2, -0.15) is 13.2 Å². The van der Waals surface area contributed by atoms with Gasteiger partial charge >= 0.3 is 6.18 Å². The molecule has 3 aromatic rings. The van der Waals surface area contributed by atoms with E-state index in [1.54, 1.807) is 17.5 Å². The van der Waals surface area contributed by atoms with E-state index >= 15 is 0 Å². The fourth-order valence-corrected chi connectivity index (χ4v) is 3.26. The Bertz CT molecular complexity index is 926. The molecular weight excluding hydrogens is 377 g/mol. The summed E-state index contributed by atoms with van der Waals surface area (Å²) in [5.41, 5.74) is 0.435. The summed E-state index contributed by atoms with van der Waals surface area (Å²) in [4.78, 5) is 17.9. The van der Waals surface area contributed by atoms with Gasteiger partial charge in [-0.15, -0.1) is 11.3 Å². The fourth-order valence-electron chi connectivity index (χ4n) is 2.39. The molecular formula is C19H15F3N2O2S. The van der Waals surface area contributed by atoms with Gasteiger partial charge in [0.2, 0.25) is 5.91 Å². The highest BCUT2D eigenvalue weighted by Gasteiger charge is 2.30. The maximum Gasteiger partial charge on any atom is 0.416 e. The lowest BCUT2D eigenvalue weighted by atomic mass is 10.2. The number of amides is 1. The van der Waals surface area contributed by atoms with Crippen LogP contribution in [0, 0.1) is 0 Å². The first-order valence-corrected chi connectivity index (χ1v) is 8.83. The van der Waals surface area contributed by atoms with Gasteiger partial charge in [0.25, 0.3) is 0 Å². The third kappa shape index (κ3) is 4.65. The molecule has 1 amide bonds. The van der Waals surface area contributed by atoms with Crippen LogP contribution in [0.4, 0.5) is 24.0 Å². The summed E-state index contributed by atoms with van der Waals surface area (Å²) in [6.07, 6.45) is -4.43. The number of para-hydroxylation sites is 1. The molecule has 0 aliphatic rings. The van der Waals surface area contributed by atoms with Crippen LogP contribution < -0.4 is 9.64 Å². The molecule has 0 saturated heterocycles. The molecule has 0 aliphatic heterocycles. The first-order valence-electron chi connectivity index (χ1n) is 7.95. The zero-order chi connectivity index (χ0) is 19.4. The minimum absolute atomic E-state index is 0.00164. The van der Waals surface area contributed by atoms with E-state index in [1.165, 1.54) is 35.3 Å². The van der Waals surface area contributed by atoms with Gasteiger partial charge in [-0.25, -0.2) is 4.98 Å². The predicted molar refractivity (Wildman–Crippen MR) is 97.2 cm³/mol.